The lowest BCUT2D eigenvalue weighted by molar-refractivity contribution is -0.122. The second kappa shape index (κ2) is 9.69. The van der Waals surface area contributed by atoms with Crippen molar-refractivity contribution in [3.63, 3.8) is 0 Å². The molecule has 1 saturated heterocycles. The van der Waals surface area contributed by atoms with Crippen LogP contribution in [0.2, 0.25) is 0 Å². The van der Waals surface area contributed by atoms with Crippen molar-refractivity contribution >= 4 is 23.2 Å². The molecule has 0 radical (unpaired) electrons. The molecule has 2 aliphatic heterocycles. The minimum atomic E-state index is -0.533. The van der Waals surface area contributed by atoms with Gasteiger partial charge in [-0.15, -0.1) is 0 Å². The van der Waals surface area contributed by atoms with Gasteiger partial charge in [0.1, 0.15) is 5.75 Å². The lowest BCUT2D eigenvalue weighted by Gasteiger charge is -2.27. The third-order valence-electron chi connectivity index (χ3n) is 6.46. The molecule has 2 amide bonds. The van der Waals surface area contributed by atoms with E-state index in [2.05, 4.69) is 27.7 Å². The monoisotopic (exact) mass is 455 g/mol. The van der Waals surface area contributed by atoms with Gasteiger partial charge in [0.15, 0.2) is 6.10 Å². The minimum Gasteiger partial charge on any atom is -0.479 e. The summed E-state index contributed by atoms with van der Waals surface area (Å²) in [4.78, 5) is 27.6. The van der Waals surface area contributed by atoms with E-state index < -0.39 is 6.10 Å². The van der Waals surface area contributed by atoms with Gasteiger partial charge in [-0.2, -0.15) is 0 Å². The molecule has 0 bridgehead atoms. The van der Waals surface area contributed by atoms with Crippen LogP contribution in [0.5, 0.6) is 5.75 Å². The fourth-order valence-corrected chi connectivity index (χ4v) is 4.61. The van der Waals surface area contributed by atoms with Crippen LogP contribution in [-0.4, -0.2) is 35.9 Å². The second-order valence-corrected chi connectivity index (χ2v) is 8.99. The van der Waals surface area contributed by atoms with Crippen LogP contribution in [0.25, 0.3) is 11.1 Å². The summed E-state index contributed by atoms with van der Waals surface area (Å²) in [5.74, 6) is 0.215. The highest BCUT2D eigenvalue weighted by molar-refractivity contribution is 6.05. The van der Waals surface area contributed by atoms with Gasteiger partial charge in [-0.05, 0) is 79.9 Å². The molecule has 0 aromatic heterocycles. The van der Waals surface area contributed by atoms with Gasteiger partial charge in [-0.25, -0.2) is 0 Å². The van der Waals surface area contributed by atoms with E-state index in [1.807, 2.05) is 36.4 Å². The average Bonchev–Trinajstić information content (AvgIpc) is 2.86. The summed E-state index contributed by atoms with van der Waals surface area (Å²) in [6.45, 7) is 4.71. The number of nitrogens with one attached hydrogen (secondary N) is 2. The van der Waals surface area contributed by atoms with Crippen molar-refractivity contribution in [3.05, 3.63) is 77.9 Å². The molecule has 5 rings (SSSR count). The number of fused-ring (bicyclic) bond motifs is 1. The van der Waals surface area contributed by atoms with Gasteiger partial charge in [-0.3, -0.25) is 14.5 Å². The summed E-state index contributed by atoms with van der Waals surface area (Å²) < 4.78 is 5.60. The van der Waals surface area contributed by atoms with Gasteiger partial charge >= 0.3 is 0 Å². The maximum atomic E-state index is 13.1. The summed E-state index contributed by atoms with van der Waals surface area (Å²) >= 11 is 0. The lowest BCUT2D eigenvalue weighted by Crippen LogP contribution is -2.34. The van der Waals surface area contributed by atoms with E-state index in [1.165, 1.54) is 19.3 Å². The molecule has 0 spiro atoms. The summed E-state index contributed by atoms with van der Waals surface area (Å²) in [6.07, 6.45) is 3.20. The molecule has 0 aliphatic carbocycles. The lowest BCUT2D eigenvalue weighted by atomic mass is 9.96. The standard InChI is InChI=1S/C28H29N3O3/c1-19-27(32)30-25-17-23(11-13-26(25)34-19)29-28(33)21-10-12-24(20-8-4-2-5-9-20)22(16-21)18-31-14-6-3-7-15-31/h2,4-5,8-13,16-17,19H,3,6-7,14-15,18H2,1H3,(H,29,33)(H,30,32)/t19-/m0/s1. The van der Waals surface area contributed by atoms with Crippen molar-refractivity contribution < 1.29 is 14.3 Å². The number of ether oxygens (including phenoxy) is 1. The summed E-state index contributed by atoms with van der Waals surface area (Å²) in [5, 5.41) is 5.79. The zero-order valence-electron chi connectivity index (χ0n) is 19.3. The Kier molecular flexibility index (Phi) is 6.32. The number of anilines is 2. The number of carbonyl (C=O) groups is 2. The average molecular weight is 456 g/mol. The van der Waals surface area contributed by atoms with E-state index in [9.17, 15) is 9.59 Å². The first-order valence-electron chi connectivity index (χ1n) is 11.9. The van der Waals surface area contributed by atoms with Crippen molar-refractivity contribution in [1.82, 2.24) is 4.90 Å². The summed E-state index contributed by atoms with van der Waals surface area (Å²) in [5.41, 5.74) is 5.24. The van der Waals surface area contributed by atoms with Crippen LogP contribution in [0, 0.1) is 0 Å². The van der Waals surface area contributed by atoms with Crippen molar-refractivity contribution in [1.29, 1.82) is 0 Å². The maximum absolute atomic E-state index is 13.1. The fraction of sp³-hybridized carbons (Fsp3) is 0.286. The molecule has 0 saturated carbocycles. The molecule has 3 aromatic carbocycles. The summed E-state index contributed by atoms with van der Waals surface area (Å²) in [7, 11) is 0. The number of amides is 2. The van der Waals surface area contributed by atoms with Crippen LogP contribution in [0.1, 0.15) is 42.1 Å². The van der Waals surface area contributed by atoms with E-state index in [-0.39, 0.29) is 11.8 Å². The molecule has 1 fully saturated rings. The Balaban J connectivity index is 1.39. The highest BCUT2D eigenvalue weighted by Crippen LogP contribution is 2.33. The number of likely N-dealkylation sites (tertiary alicyclic amines) is 1. The van der Waals surface area contributed by atoms with Crippen LogP contribution in [0.4, 0.5) is 11.4 Å². The summed E-state index contributed by atoms with van der Waals surface area (Å²) in [6, 6.07) is 21.5. The first-order valence-corrected chi connectivity index (χ1v) is 11.9. The number of hydrogen-bond acceptors (Lipinski definition) is 4. The molecule has 2 heterocycles. The number of nitrogens with zero attached hydrogens (tertiary/aromatic N) is 1. The first-order chi connectivity index (χ1) is 16.6. The molecule has 1 atom stereocenters. The van der Waals surface area contributed by atoms with E-state index >= 15 is 0 Å². The normalized spacial score (nSPS) is 17.9. The van der Waals surface area contributed by atoms with Gasteiger partial charge in [0.2, 0.25) is 0 Å². The number of piperidine rings is 1. The molecule has 2 N–H and O–H groups in total. The topological polar surface area (TPSA) is 70.7 Å². The van der Waals surface area contributed by atoms with Crippen molar-refractivity contribution in [2.24, 2.45) is 0 Å². The molecule has 2 aliphatic rings. The van der Waals surface area contributed by atoms with E-state index in [1.54, 1.807) is 25.1 Å². The Bertz CT molecular complexity index is 1200. The Morgan fingerprint density at radius 3 is 2.62 bits per heavy atom. The number of benzene rings is 3. The zero-order valence-corrected chi connectivity index (χ0v) is 19.3. The van der Waals surface area contributed by atoms with Gasteiger partial charge in [0, 0.05) is 17.8 Å². The van der Waals surface area contributed by atoms with E-state index in [0.29, 0.717) is 22.7 Å². The molecule has 6 nitrogen and oxygen atoms in total. The van der Waals surface area contributed by atoms with Crippen LogP contribution in [0.3, 0.4) is 0 Å². The number of hydrogen-bond donors (Lipinski definition) is 2. The second-order valence-electron chi connectivity index (χ2n) is 8.99. The van der Waals surface area contributed by atoms with Gasteiger partial charge < -0.3 is 15.4 Å². The van der Waals surface area contributed by atoms with E-state index in [4.69, 9.17) is 4.74 Å². The molecule has 34 heavy (non-hydrogen) atoms. The van der Waals surface area contributed by atoms with Crippen LogP contribution in [0.15, 0.2) is 66.7 Å². The molecule has 0 unspecified atom stereocenters. The number of rotatable bonds is 5. The van der Waals surface area contributed by atoms with Crippen molar-refractivity contribution in [2.75, 3.05) is 23.7 Å². The molecule has 3 aromatic rings. The molecule has 6 heteroatoms. The highest BCUT2D eigenvalue weighted by atomic mass is 16.5. The molecular formula is C28H29N3O3. The van der Waals surface area contributed by atoms with Gasteiger partial charge in [-0.1, -0.05) is 42.8 Å². The Labute approximate surface area is 199 Å². The minimum absolute atomic E-state index is 0.184. The van der Waals surface area contributed by atoms with Crippen molar-refractivity contribution in [3.8, 4) is 16.9 Å². The highest BCUT2D eigenvalue weighted by Gasteiger charge is 2.24. The Hall–Kier alpha value is -3.64. The van der Waals surface area contributed by atoms with Crippen molar-refractivity contribution in [2.45, 2.75) is 38.8 Å². The Morgan fingerprint density at radius 1 is 1.03 bits per heavy atom. The molecular weight excluding hydrogens is 426 g/mol. The molecule has 174 valence electrons. The Morgan fingerprint density at radius 2 is 1.82 bits per heavy atom. The largest absolute Gasteiger partial charge is 0.479 e. The number of carbonyl (C=O) groups excluding carboxylic acids is 2. The zero-order chi connectivity index (χ0) is 23.5. The fourth-order valence-electron chi connectivity index (χ4n) is 4.61. The maximum Gasteiger partial charge on any atom is 0.265 e. The SMILES string of the molecule is C[C@@H]1Oc2ccc(NC(=O)c3ccc(-c4ccccc4)c(CN4CCCCC4)c3)cc2NC1=O. The quantitative estimate of drug-likeness (QED) is 0.547. The third kappa shape index (κ3) is 4.82. The third-order valence-corrected chi connectivity index (χ3v) is 6.46. The van der Waals surface area contributed by atoms with E-state index in [0.717, 1.165) is 36.3 Å². The van der Waals surface area contributed by atoms with Crippen LogP contribution in [-0.2, 0) is 11.3 Å². The smallest absolute Gasteiger partial charge is 0.265 e. The van der Waals surface area contributed by atoms with Gasteiger partial charge in [0.25, 0.3) is 11.8 Å². The first kappa shape index (κ1) is 22.2. The predicted octanol–water partition coefficient (Wildman–Crippen LogP) is 5.31. The van der Waals surface area contributed by atoms with Gasteiger partial charge in [0.05, 0.1) is 5.69 Å². The van der Waals surface area contributed by atoms with Crippen LogP contribution < -0.4 is 15.4 Å². The van der Waals surface area contributed by atoms with Crippen LogP contribution >= 0.6 is 0 Å². The predicted molar refractivity (Wildman–Crippen MR) is 134 cm³/mol.